The first-order chi connectivity index (χ1) is 21.6. The number of aromatic carboxylic acids is 1. The van der Waals surface area contributed by atoms with Crippen molar-refractivity contribution in [3.63, 3.8) is 0 Å². The zero-order valence-corrected chi connectivity index (χ0v) is 25.1. The summed E-state index contributed by atoms with van der Waals surface area (Å²) in [5.41, 5.74) is 2.61. The van der Waals surface area contributed by atoms with Gasteiger partial charge in [-0.1, -0.05) is 42.5 Å². The van der Waals surface area contributed by atoms with Gasteiger partial charge in [-0.3, -0.25) is 4.79 Å². The Bertz CT molecular complexity index is 1730. The van der Waals surface area contributed by atoms with Crippen LogP contribution < -0.4 is 4.90 Å². The van der Waals surface area contributed by atoms with Gasteiger partial charge in [0, 0.05) is 47.9 Å². The summed E-state index contributed by atoms with van der Waals surface area (Å²) in [4.78, 5) is 32.2. The topological polar surface area (TPSA) is 85.9 Å². The van der Waals surface area contributed by atoms with E-state index in [1.807, 2.05) is 6.07 Å². The van der Waals surface area contributed by atoms with Gasteiger partial charge in [0.1, 0.15) is 5.69 Å². The minimum Gasteiger partial charge on any atom is -0.477 e. The van der Waals surface area contributed by atoms with Gasteiger partial charge in [0.15, 0.2) is 0 Å². The minimum absolute atomic E-state index is 0.0122. The van der Waals surface area contributed by atoms with Gasteiger partial charge in [-0.05, 0) is 73.9 Å². The number of unbranched alkanes of at least 4 members (excludes halogenated alkanes) is 1. The molecule has 0 spiro atoms. The molecule has 2 aliphatic rings. The van der Waals surface area contributed by atoms with Crippen LogP contribution in [-0.4, -0.2) is 65.8 Å². The van der Waals surface area contributed by atoms with Gasteiger partial charge in [-0.25, -0.2) is 4.79 Å². The number of fused-ring (bicyclic) bond motifs is 2. The van der Waals surface area contributed by atoms with Crippen LogP contribution >= 0.6 is 0 Å². The molecule has 0 bridgehead atoms. The summed E-state index contributed by atoms with van der Waals surface area (Å²) in [5, 5.41) is 10.7. The largest absolute Gasteiger partial charge is 0.477 e. The molecular formula is C35H36F3N3O4. The first kappa shape index (κ1) is 30.7. The lowest BCUT2D eigenvalue weighted by Gasteiger charge is -2.37. The van der Waals surface area contributed by atoms with Gasteiger partial charge in [-0.15, -0.1) is 0 Å². The molecule has 1 unspecified atom stereocenters. The summed E-state index contributed by atoms with van der Waals surface area (Å²) in [7, 11) is 0. The predicted molar refractivity (Wildman–Crippen MR) is 167 cm³/mol. The van der Waals surface area contributed by atoms with E-state index in [9.17, 15) is 27.9 Å². The fraction of sp³-hybridized carbons (Fsp3) is 0.371. The van der Waals surface area contributed by atoms with Crippen molar-refractivity contribution in [2.75, 3.05) is 37.7 Å². The van der Waals surface area contributed by atoms with Gasteiger partial charge >= 0.3 is 12.1 Å². The predicted octanol–water partition coefficient (Wildman–Crippen LogP) is 7.19. The maximum absolute atomic E-state index is 14.5. The molecule has 45 heavy (non-hydrogen) atoms. The molecule has 2 N–H and O–H groups in total. The number of rotatable bonds is 8. The summed E-state index contributed by atoms with van der Waals surface area (Å²) in [6.07, 6.45) is -0.595. The number of aryl methyl sites for hydroxylation is 2. The number of ether oxygens (including phenoxy) is 1. The van der Waals surface area contributed by atoms with Crippen molar-refractivity contribution >= 4 is 28.5 Å². The number of anilines is 1. The SMILES string of the molecule is CC1CCc2ccccc2N1CCCCc1c(C(=O)O)[nH]c2c(-c3ccc(C(=O)N4CCOCC4)cc3C(F)(F)F)cccc12. The van der Waals surface area contributed by atoms with Crippen molar-refractivity contribution in [1.82, 2.24) is 9.88 Å². The molecule has 1 fully saturated rings. The van der Waals surface area contributed by atoms with Crippen LogP contribution in [0.4, 0.5) is 18.9 Å². The standard InChI is InChI=1S/C35H36F3N3O4/c1-22-12-13-23-7-2-3-11-30(23)41(22)16-5-4-8-28-27-10-6-9-26(31(27)39-32(28)34(43)44)25-15-14-24(21-29(25)35(36,37)38)33(42)40-17-19-45-20-18-40/h2-3,6-7,9-11,14-15,21-22,39H,4-5,8,12-13,16-20H2,1H3,(H,43,44). The van der Waals surface area contributed by atoms with Crippen molar-refractivity contribution in [3.8, 4) is 11.1 Å². The summed E-state index contributed by atoms with van der Waals surface area (Å²) in [6, 6.07) is 17.4. The van der Waals surface area contributed by atoms with E-state index in [1.54, 1.807) is 18.2 Å². The first-order valence-corrected chi connectivity index (χ1v) is 15.4. The zero-order valence-electron chi connectivity index (χ0n) is 25.1. The lowest BCUT2D eigenvalue weighted by atomic mass is 9.94. The molecule has 3 heterocycles. The smallest absolute Gasteiger partial charge is 0.417 e. The lowest BCUT2D eigenvalue weighted by Crippen LogP contribution is -2.40. The maximum Gasteiger partial charge on any atom is 0.417 e. The molecule has 3 aromatic carbocycles. The average Bonchev–Trinajstić information content (AvgIpc) is 3.42. The number of nitrogens with one attached hydrogen (secondary N) is 1. The van der Waals surface area contributed by atoms with Gasteiger partial charge in [0.25, 0.3) is 5.91 Å². The number of morpholine rings is 1. The number of H-pyrrole nitrogens is 1. The third kappa shape index (κ3) is 6.16. The van der Waals surface area contributed by atoms with Crippen LogP contribution in [0.3, 0.4) is 0 Å². The number of hydrogen-bond acceptors (Lipinski definition) is 4. The van der Waals surface area contributed by atoms with E-state index >= 15 is 0 Å². The van der Waals surface area contributed by atoms with Gasteiger partial charge in [0.05, 0.1) is 24.3 Å². The quantitative estimate of drug-likeness (QED) is 0.204. The average molecular weight is 620 g/mol. The number of carboxylic acid groups (broad SMARTS) is 1. The van der Waals surface area contributed by atoms with Gasteiger partial charge in [0.2, 0.25) is 0 Å². The number of alkyl halides is 3. The summed E-state index contributed by atoms with van der Waals surface area (Å²) in [6.45, 7) is 4.36. The second kappa shape index (κ2) is 12.6. The van der Waals surface area contributed by atoms with E-state index in [2.05, 4.69) is 35.0 Å². The van der Waals surface area contributed by atoms with E-state index in [1.165, 1.54) is 28.3 Å². The number of hydrogen-bond donors (Lipinski definition) is 2. The number of amides is 1. The number of para-hydroxylation sites is 2. The van der Waals surface area contributed by atoms with E-state index in [4.69, 9.17) is 4.74 Å². The van der Waals surface area contributed by atoms with Crippen LogP contribution in [0.15, 0.2) is 60.7 Å². The number of aromatic nitrogens is 1. The third-order valence-electron chi connectivity index (χ3n) is 9.06. The fourth-order valence-corrected chi connectivity index (χ4v) is 6.72. The molecule has 10 heteroatoms. The van der Waals surface area contributed by atoms with Crippen LogP contribution in [0, 0.1) is 0 Å². The molecule has 0 saturated carbocycles. The van der Waals surface area contributed by atoms with Crippen molar-refractivity contribution < 1.29 is 32.6 Å². The molecule has 0 radical (unpaired) electrons. The molecule has 2 aliphatic heterocycles. The summed E-state index contributed by atoms with van der Waals surface area (Å²) < 4.78 is 48.6. The number of carbonyl (C=O) groups excluding carboxylic acids is 1. The van der Waals surface area contributed by atoms with Crippen LogP contribution in [0.1, 0.15) is 63.7 Å². The molecule has 0 aliphatic carbocycles. The normalized spacial score (nSPS) is 17.0. The van der Waals surface area contributed by atoms with Crippen molar-refractivity contribution in [2.45, 2.75) is 51.2 Å². The lowest BCUT2D eigenvalue weighted by molar-refractivity contribution is -0.137. The van der Waals surface area contributed by atoms with Crippen LogP contribution in [0.5, 0.6) is 0 Å². The van der Waals surface area contributed by atoms with E-state index in [0.717, 1.165) is 38.3 Å². The minimum atomic E-state index is -4.74. The number of nitrogens with zero attached hydrogens (tertiary/aromatic N) is 2. The Morgan fingerprint density at radius 1 is 1.00 bits per heavy atom. The van der Waals surface area contributed by atoms with Crippen LogP contribution in [-0.2, 0) is 23.8 Å². The number of benzene rings is 3. The second-order valence-electron chi connectivity index (χ2n) is 11.8. The molecular weight excluding hydrogens is 583 g/mol. The number of carbonyl (C=O) groups is 2. The molecule has 6 rings (SSSR count). The van der Waals surface area contributed by atoms with Gasteiger partial charge < -0.3 is 24.6 Å². The Kier molecular flexibility index (Phi) is 8.59. The maximum atomic E-state index is 14.5. The summed E-state index contributed by atoms with van der Waals surface area (Å²) in [5.74, 6) is -1.64. The van der Waals surface area contributed by atoms with Crippen molar-refractivity contribution in [2.24, 2.45) is 0 Å². The fourth-order valence-electron chi connectivity index (χ4n) is 6.72. The highest BCUT2D eigenvalue weighted by atomic mass is 19.4. The molecule has 1 amide bonds. The van der Waals surface area contributed by atoms with E-state index < -0.39 is 23.6 Å². The monoisotopic (exact) mass is 619 g/mol. The number of halogens is 3. The van der Waals surface area contributed by atoms with Crippen LogP contribution in [0.2, 0.25) is 0 Å². The Morgan fingerprint density at radius 2 is 1.78 bits per heavy atom. The van der Waals surface area contributed by atoms with E-state index in [-0.39, 0.29) is 22.4 Å². The van der Waals surface area contributed by atoms with Crippen molar-refractivity contribution in [3.05, 3.63) is 88.6 Å². The molecule has 1 atom stereocenters. The van der Waals surface area contributed by atoms with Gasteiger partial charge in [-0.2, -0.15) is 13.2 Å². The number of aromatic amines is 1. The highest BCUT2D eigenvalue weighted by Gasteiger charge is 2.36. The molecule has 1 aromatic heterocycles. The first-order valence-electron chi connectivity index (χ1n) is 15.4. The third-order valence-corrected chi connectivity index (χ3v) is 9.06. The Balaban J connectivity index is 1.29. The zero-order chi connectivity index (χ0) is 31.7. The Hall–Kier alpha value is -4.31. The molecule has 1 saturated heterocycles. The summed E-state index contributed by atoms with van der Waals surface area (Å²) >= 11 is 0. The second-order valence-corrected chi connectivity index (χ2v) is 11.8. The molecule has 7 nitrogen and oxygen atoms in total. The molecule has 236 valence electrons. The Morgan fingerprint density at radius 3 is 2.53 bits per heavy atom. The van der Waals surface area contributed by atoms with Crippen LogP contribution in [0.25, 0.3) is 22.0 Å². The number of carboxylic acids is 1. The molecule has 4 aromatic rings. The van der Waals surface area contributed by atoms with E-state index in [0.29, 0.717) is 55.2 Å². The Labute approximate surface area is 259 Å². The van der Waals surface area contributed by atoms with Crippen molar-refractivity contribution in [1.29, 1.82) is 0 Å². The highest BCUT2D eigenvalue weighted by Crippen LogP contribution is 2.41. The highest BCUT2D eigenvalue weighted by molar-refractivity contribution is 6.04.